The second kappa shape index (κ2) is 4.43. The van der Waals surface area contributed by atoms with Gasteiger partial charge in [-0.2, -0.15) is 0 Å². The maximum atomic E-state index is 11.0. The lowest BCUT2D eigenvalue weighted by Gasteiger charge is -2.25. The molecule has 16 heavy (non-hydrogen) atoms. The van der Waals surface area contributed by atoms with Crippen LogP contribution >= 0.6 is 0 Å². The Labute approximate surface area is 94.6 Å². The quantitative estimate of drug-likeness (QED) is 0.814. The lowest BCUT2D eigenvalue weighted by atomic mass is 10.0. The van der Waals surface area contributed by atoms with Crippen molar-refractivity contribution in [3.05, 3.63) is 23.8 Å². The largest absolute Gasteiger partial charge is 0.497 e. The van der Waals surface area contributed by atoms with Gasteiger partial charge in [0.2, 0.25) is 5.91 Å². The summed E-state index contributed by atoms with van der Waals surface area (Å²) >= 11 is 0. The minimum Gasteiger partial charge on any atom is -0.497 e. The Morgan fingerprint density at radius 2 is 2.38 bits per heavy atom. The highest BCUT2D eigenvalue weighted by atomic mass is 16.5. The highest BCUT2D eigenvalue weighted by Gasteiger charge is 2.20. The van der Waals surface area contributed by atoms with Crippen molar-refractivity contribution in [2.24, 2.45) is 0 Å². The van der Waals surface area contributed by atoms with Gasteiger partial charge in [-0.15, -0.1) is 0 Å². The summed E-state index contributed by atoms with van der Waals surface area (Å²) in [5.74, 6) is 1.66. The van der Waals surface area contributed by atoms with Crippen LogP contribution in [0.5, 0.6) is 11.5 Å². The molecule has 1 atom stereocenters. The molecular formula is C12H15NO3. The Kier molecular flexibility index (Phi) is 2.99. The minimum atomic E-state index is -0.0278. The van der Waals surface area contributed by atoms with Crippen LogP contribution in [0.2, 0.25) is 0 Å². The van der Waals surface area contributed by atoms with Crippen LogP contribution in [0.15, 0.2) is 18.2 Å². The van der Waals surface area contributed by atoms with E-state index in [1.807, 2.05) is 18.2 Å². The molecule has 0 aliphatic carbocycles. The van der Waals surface area contributed by atoms with E-state index >= 15 is 0 Å². The monoisotopic (exact) mass is 221 g/mol. The fraction of sp³-hybridized carbons (Fsp3) is 0.417. The first-order valence-corrected chi connectivity index (χ1v) is 5.26. The minimum absolute atomic E-state index is 0.0278. The number of fused-ring (bicyclic) bond motifs is 1. The molecule has 0 spiro atoms. The number of ether oxygens (including phenoxy) is 2. The fourth-order valence-electron chi connectivity index (χ4n) is 1.88. The normalized spacial score (nSPS) is 18.2. The maximum Gasteiger partial charge on any atom is 0.217 e. The van der Waals surface area contributed by atoms with Crippen LogP contribution in [0, 0.1) is 0 Å². The summed E-state index contributed by atoms with van der Waals surface area (Å²) in [4.78, 5) is 11.0. The van der Waals surface area contributed by atoms with Crippen molar-refractivity contribution < 1.29 is 14.3 Å². The van der Waals surface area contributed by atoms with Gasteiger partial charge in [0.15, 0.2) is 0 Å². The Balaban J connectivity index is 2.14. The number of benzene rings is 1. The van der Waals surface area contributed by atoms with Crippen molar-refractivity contribution in [3.8, 4) is 11.5 Å². The van der Waals surface area contributed by atoms with Crippen LogP contribution in [0.3, 0.4) is 0 Å². The highest BCUT2D eigenvalue weighted by molar-refractivity contribution is 5.73. The van der Waals surface area contributed by atoms with Gasteiger partial charge in [-0.1, -0.05) is 0 Å². The molecule has 0 radical (unpaired) electrons. The number of hydrogen-bond donors (Lipinski definition) is 1. The number of rotatable bonds is 2. The van der Waals surface area contributed by atoms with Crippen molar-refractivity contribution in [2.75, 3.05) is 13.7 Å². The zero-order valence-electron chi connectivity index (χ0n) is 9.45. The van der Waals surface area contributed by atoms with Crippen molar-refractivity contribution in [3.63, 3.8) is 0 Å². The summed E-state index contributed by atoms with van der Waals surface area (Å²) in [6, 6.07) is 5.77. The van der Waals surface area contributed by atoms with Crippen LogP contribution in [0.4, 0.5) is 0 Å². The number of methoxy groups -OCH3 is 1. The van der Waals surface area contributed by atoms with E-state index < -0.39 is 0 Å². The van der Waals surface area contributed by atoms with Crippen molar-refractivity contribution in [1.82, 2.24) is 5.32 Å². The molecule has 0 unspecified atom stereocenters. The molecule has 1 aromatic carbocycles. The van der Waals surface area contributed by atoms with E-state index in [2.05, 4.69) is 5.32 Å². The third-order valence-electron chi connectivity index (χ3n) is 2.58. The number of nitrogens with one attached hydrogen (secondary N) is 1. The number of carbonyl (C=O) groups excluding carboxylic acids is 1. The van der Waals surface area contributed by atoms with Crippen LogP contribution < -0.4 is 14.8 Å². The zero-order valence-corrected chi connectivity index (χ0v) is 9.45. The molecule has 0 saturated heterocycles. The number of carbonyl (C=O) groups is 1. The van der Waals surface area contributed by atoms with E-state index in [0.717, 1.165) is 23.5 Å². The summed E-state index contributed by atoms with van der Waals surface area (Å²) in [5.41, 5.74) is 1.07. The molecule has 1 aliphatic heterocycles. The number of hydrogen-bond acceptors (Lipinski definition) is 3. The van der Waals surface area contributed by atoms with Gasteiger partial charge >= 0.3 is 0 Å². The first-order valence-electron chi connectivity index (χ1n) is 5.26. The van der Waals surface area contributed by atoms with Gasteiger partial charge in [-0.3, -0.25) is 4.79 Å². The molecule has 1 amide bonds. The average Bonchev–Trinajstić information content (AvgIpc) is 2.27. The van der Waals surface area contributed by atoms with Crippen molar-refractivity contribution >= 4 is 5.91 Å². The van der Waals surface area contributed by atoms with Crippen molar-refractivity contribution in [1.29, 1.82) is 0 Å². The first-order chi connectivity index (χ1) is 7.69. The zero-order chi connectivity index (χ0) is 11.5. The molecule has 86 valence electrons. The summed E-state index contributed by atoms with van der Waals surface area (Å²) in [7, 11) is 1.64. The summed E-state index contributed by atoms with van der Waals surface area (Å²) < 4.78 is 10.7. The Morgan fingerprint density at radius 3 is 3.06 bits per heavy atom. The summed E-state index contributed by atoms with van der Waals surface area (Å²) in [6.07, 6.45) is 0.784. The second-order valence-corrected chi connectivity index (χ2v) is 3.89. The molecule has 4 heteroatoms. The molecule has 0 saturated carbocycles. The molecule has 4 nitrogen and oxygen atoms in total. The van der Waals surface area contributed by atoms with Gasteiger partial charge in [0.05, 0.1) is 13.2 Å². The van der Waals surface area contributed by atoms with Crippen molar-refractivity contribution in [2.45, 2.75) is 19.4 Å². The Hall–Kier alpha value is -1.71. The molecule has 1 N–H and O–H groups in total. The average molecular weight is 221 g/mol. The predicted molar refractivity (Wildman–Crippen MR) is 59.8 cm³/mol. The van der Waals surface area contributed by atoms with E-state index in [4.69, 9.17) is 9.47 Å². The molecule has 2 rings (SSSR count). The van der Waals surface area contributed by atoms with Gasteiger partial charge in [0.1, 0.15) is 18.1 Å². The van der Waals surface area contributed by atoms with E-state index in [1.165, 1.54) is 6.92 Å². The smallest absolute Gasteiger partial charge is 0.217 e. The number of amides is 1. The standard InChI is InChI=1S/C12H15NO3/c1-8(14)13-10-5-9-6-11(15-2)3-4-12(9)16-7-10/h3-4,6,10H,5,7H2,1-2H3,(H,13,14)/t10-/m0/s1. The highest BCUT2D eigenvalue weighted by Crippen LogP contribution is 2.28. The SMILES string of the molecule is COc1ccc2c(c1)C[C@H](NC(C)=O)CO2. The molecule has 1 heterocycles. The summed E-state index contributed by atoms with van der Waals surface area (Å²) in [6.45, 7) is 2.04. The van der Waals surface area contributed by atoms with E-state index in [9.17, 15) is 4.79 Å². The van der Waals surface area contributed by atoms with Gasteiger partial charge < -0.3 is 14.8 Å². The molecule has 0 aromatic heterocycles. The van der Waals surface area contributed by atoms with Crippen LogP contribution in [-0.2, 0) is 11.2 Å². The predicted octanol–water partition coefficient (Wildman–Crippen LogP) is 1.13. The van der Waals surface area contributed by atoms with Gasteiger partial charge in [-0.05, 0) is 30.2 Å². The van der Waals surface area contributed by atoms with Gasteiger partial charge in [0.25, 0.3) is 0 Å². The van der Waals surface area contributed by atoms with E-state index in [1.54, 1.807) is 7.11 Å². The third-order valence-corrected chi connectivity index (χ3v) is 2.58. The molecule has 0 bridgehead atoms. The molecule has 1 aromatic rings. The topological polar surface area (TPSA) is 47.6 Å². The van der Waals surface area contributed by atoms with Gasteiger partial charge in [0, 0.05) is 6.92 Å². The second-order valence-electron chi connectivity index (χ2n) is 3.89. The maximum absolute atomic E-state index is 11.0. The van der Waals surface area contributed by atoms with E-state index in [-0.39, 0.29) is 11.9 Å². The van der Waals surface area contributed by atoms with Crippen LogP contribution in [0.25, 0.3) is 0 Å². The molecular weight excluding hydrogens is 206 g/mol. The molecule has 0 fully saturated rings. The fourth-order valence-corrected chi connectivity index (χ4v) is 1.88. The lowest BCUT2D eigenvalue weighted by Crippen LogP contribution is -2.41. The third kappa shape index (κ3) is 2.27. The van der Waals surface area contributed by atoms with Gasteiger partial charge in [-0.25, -0.2) is 0 Å². The first kappa shape index (κ1) is 10.8. The Morgan fingerprint density at radius 1 is 1.56 bits per heavy atom. The van der Waals surface area contributed by atoms with Crippen LogP contribution in [0.1, 0.15) is 12.5 Å². The molecule has 1 aliphatic rings. The lowest BCUT2D eigenvalue weighted by molar-refractivity contribution is -0.119. The Bertz CT molecular complexity index is 403. The van der Waals surface area contributed by atoms with Crippen LogP contribution in [-0.4, -0.2) is 25.7 Å². The van der Waals surface area contributed by atoms with E-state index in [0.29, 0.717) is 6.61 Å². The summed E-state index contributed by atoms with van der Waals surface area (Å²) in [5, 5.41) is 2.86.